The Morgan fingerprint density at radius 1 is 1.76 bits per heavy atom. The van der Waals surface area contributed by atoms with E-state index in [1.54, 1.807) is 18.0 Å². The average molecular weight is 240 g/mol. The van der Waals surface area contributed by atoms with Crippen LogP contribution in [0.5, 0.6) is 0 Å². The lowest BCUT2D eigenvalue weighted by molar-refractivity contribution is -0.143. The number of hydrogen-bond donors (Lipinski definition) is 1. The maximum Gasteiger partial charge on any atom is 0.309 e. The number of methoxy groups -OCH3 is 1. The number of ether oxygens (including phenoxy) is 2. The first-order valence-corrected chi connectivity index (χ1v) is 5.58. The van der Waals surface area contributed by atoms with Crippen molar-refractivity contribution in [2.45, 2.75) is 19.1 Å². The van der Waals surface area contributed by atoms with Crippen molar-refractivity contribution in [3.63, 3.8) is 0 Å². The molecule has 2 heterocycles. The van der Waals surface area contributed by atoms with Crippen LogP contribution in [0.2, 0.25) is 0 Å². The SMILES string of the molecule is COCCn1cc([C@@H]2OCC[C@H]2C(=O)O)cn1. The molecule has 17 heavy (non-hydrogen) atoms. The number of carboxylic acid groups (broad SMARTS) is 1. The minimum absolute atomic E-state index is 0.371. The zero-order valence-electron chi connectivity index (χ0n) is 9.70. The Kier molecular flexibility index (Phi) is 3.75. The number of hydrogen-bond acceptors (Lipinski definition) is 4. The number of aliphatic carboxylic acids is 1. The van der Waals surface area contributed by atoms with Gasteiger partial charge in [0.1, 0.15) is 0 Å². The van der Waals surface area contributed by atoms with E-state index in [2.05, 4.69) is 5.10 Å². The Morgan fingerprint density at radius 2 is 2.59 bits per heavy atom. The van der Waals surface area contributed by atoms with Crippen molar-refractivity contribution in [1.29, 1.82) is 0 Å². The summed E-state index contributed by atoms with van der Waals surface area (Å²) < 4.78 is 12.2. The summed E-state index contributed by atoms with van der Waals surface area (Å²) in [7, 11) is 1.63. The second-order valence-electron chi connectivity index (χ2n) is 4.05. The third-order valence-corrected chi connectivity index (χ3v) is 2.92. The molecule has 2 atom stereocenters. The molecule has 0 radical (unpaired) electrons. The Balaban J connectivity index is 2.06. The van der Waals surface area contributed by atoms with Gasteiger partial charge in [-0.1, -0.05) is 0 Å². The lowest BCUT2D eigenvalue weighted by Gasteiger charge is -2.12. The molecule has 1 aromatic heterocycles. The maximum atomic E-state index is 11.0. The number of rotatable bonds is 5. The first-order valence-electron chi connectivity index (χ1n) is 5.58. The standard InChI is InChI=1S/C11H16N2O4/c1-16-5-3-13-7-8(6-12-13)10-9(11(14)15)2-4-17-10/h6-7,9-10H,2-5H2,1H3,(H,14,15)/t9-,10+/m1/s1. The average Bonchev–Trinajstić information content (AvgIpc) is 2.94. The van der Waals surface area contributed by atoms with E-state index in [0.717, 1.165) is 5.56 Å². The first-order chi connectivity index (χ1) is 8.22. The molecule has 94 valence electrons. The minimum Gasteiger partial charge on any atom is -0.481 e. The van der Waals surface area contributed by atoms with Gasteiger partial charge in [0.05, 0.1) is 31.4 Å². The van der Waals surface area contributed by atoms with Crippen LogP contribution in [-0.4, -0.2) is 41.2 Å². The fourth-order valence-corrected chi connectivity index (χ4v) is 2.00. The van der Waals surface area contributed by atoms with Gasteiger partial charge in [0.2, 0.25) is 0 Å². The molecule has 0 aromatic carbocycles. The molecule has 0 amide bonds. The van der Waals surface area contributed by atoms with Gasteiger partial charge in [0, 0.05) is 25.5 Å². The topological polar surface area (TPSA) is 73.6 Å². The summed E-state index contributed by atoms with van der Waals surface area (Å²) in [5.41, 5.74) is 0.825. The van der Waals surface area contributed by atoms with E-state index < -0.39 is 11.9 Å². The molecule has 1 fully saturated rings. The van der Waals surface area contributed by atoms with Crippen LogP contribution >= 0.6 is 0 Å². The van der Waals surface area contributed by atoms with E-state index in [9.17, 15) is 4.79 Å². The van der Waals surface area contributed by atoms with Crippen LogP contribution in [0.15, 0.2) is 12.4 Å². The lowest BCUT2D eigenvalue weighted by atomic mass is 9.98. The van der Waals surface area contributed by atoms with E-state index in [1.165, 1.54) is 0 Å². The molecule has 0 spiro atoms. The monoisotopic (exact) mass is 240 g/mol. The highest BCUT2D eigenvalue weighted by atomic mass is 16.5. The molecule has 1 aliphatic heterocycles. The lowest BCUT2D eigenvalue weighted by Crippen LogP contribution is -2.17. The molecular formula is C11H16N2O4. The Bertz CT molecular complexity index is 391. The van der Waals surface area contributed by atoms with Gasteiger partial charge < -0.3 is 14.6 Å². The molecule has 0 saturated carbocycles. The molecule has 1 saturated heterocycles. The minimum atomic E-state index is -0.808. The molecule has 0 bridgehead atoms. The molecular weight excluding hydrogens is 224 g/mol. The second-order valence-corrected chi connectivity index (χ2v) is 4.05. The van der Waals surface area contributed by atoms with Crippen molar-refractivity contribution < 1.29 is 19.4 Å². The van der Waals surface area contributed by atoms with Crippen LogP contribution < -0.4 is 0 Å². The van der Waals surface area contributed by atoms with E-state index in [-0.39, 0.29) is 6.10 Å². The highest BCUT2D eigenvalue weighted by Gasteiger charge is 2.35. The van der Waals surface area contributed by atoms with Crippen LogP contribution in [0.25, 0.3) is 0 Å². The summed E-state index contributed by atoms with van der Waals surface area (Å²) >= 11 is 0. The zero-order chi connectivity index (χ0) is 12.3. The zero-order valence-corrected chi connectivity index (χ0v) is 9.70. The third kappa shape index (κ3) is 2.65. The molecule has 6 heteroatoms. The fraction of sp³-hybridized carbons (Fsp3) is 0.636. The summed E-state index contributed by atoms with van der Waals surface area (Å²) in [6.45, 7) is 1.72. The van der Waals surface area contributed by atoms with Gasteiger partial charge in [0.25, 0.3) is 0 Å². The number of carboxylic acids is 1. The molecule has 0 aliphatic carbocycles. The van der Waals surface area contributed by atoms with Gasteiger partial charge >= 0.3 is 5.97 Å². The summed E-state index contributed by atoms with van der Waals surface area (Å²) in [5.74, 6) is -1.27. The third-order valence-electron chi connectivity index (χ3n) is 2.92. The highest BCUT2D eigenvalue weighted by molar-refractivity contribution is 5.71. The van der Waals surface area contributed by atoms with Gasteiger partial charge in [-0.15, -0.1) is 0 Å². The maximum absolute atomic E-state index is 11.0. The number of aromatic nitrogens is 2. The number of carbonyl (C=O) groups is 1. The molecule has 6 nitrogen and oxygen atoms in total. The van der Waals surface area contributed by atoms with E-state index in [1.807, 2.05) is 6.20 Å². The van der Waals surface area contributed by atoms with Crippen LogP contribution in [0.4, 0.5) is 0 Å². The highest BCUT2D eigenvalue weighted by Crippen LogP contribution is 2.34. The summed E-state index contributed by atoms with van der Waals surface area (Å²) in [6.07, 6.45) is 3.68. The van der Waals surface area contributed by atoms with Gasteiger partial charge in [-0.3, -0.25) is 9.48 Å². The quantitative estimate of drug-likeness (QED) is 0.819. The molecule has 1 N–H and O–H groups in total. The summed E-state index contributed by atoms with van der Waals surface area (Å²) in [5, 5.41) is 13.2. The van der Waals surface area contributed by atoms with Crippen LogP contribution in [-0.2, 0) is 20.8 Å². The van der Waals surface area contributed by atoms with Crippen LogP contribution in [0.3, 0.4) is 0 Å². The normalized spacial score (nSPS) is 24.1. The van der Waals surface area contributed by atoms with E-state index >= 15 is 0 Å². The van der Waals surface area contributed by atoms with Crippen molar-refractivity contribution in [3.05, 3.63) is 18.0 Å². The largest absolute Gasteiger partial charge is 0.481 e. The van der Waals surface area contributed by atoms with E-state index in [0.29, 0.717) is 26.2 Å². The smallest absolute Gasteiger partial charge is 0.309 e. The van der Waals surface area contributed by atoms with Crippen LogP contribution in [0.1, 0.15) is 18.1 Å². The Morgan fingerprint density at radius 3 is 3.29 bits per heavy atom. The van der Waals surface area contributed by atoms with Gasteiger partial charge in [0.15, 0.2) is 0 Å². The van der Waals surface area contributed by atoms with Gasteiger partial charge in [-0.25, -0.2) is 0 Å². The van der Waals surface area contributed by atoms with Crippen molar-refractivity contribution in [2.75, 3.05) is 20.3 Å². The van der Waals surface area contributed by atoms with E-state index in [4.69, 9.17) is 14.6 Å². The van der Waals surface area contributed by atoms with Crippen molar-refractivity contribution in [3.8, 4) is 0 Å². The van der Waals surface area contributed by atoms with Gasteiger partial charge in [-0.2, -0.15) is 5.10 Å². The summed E-state index contributed by atoms with van der Waals surface area (Å²) in [4.78, 5) is 11.0. The molecule has 0 unspecified atom stereocenters. The second kappa shape index (κ2) is 5.29. The molecule has 1 aliphatic rings. The fourth-order valence-electron chi connectivity index (χ4n) is 2.00. The first kappa shape index (κ1) is 12.1. The number of nitrogens with zero attached hydrogens (tertiary/aromatic N) is 2. The van der Waals surface area contributed by atoms with Crippen molar-refractivity contribution in [2.24, 2.45) is 5.92 Å². The Hall–Kier alpha value is -1.40. The molecule has 2 rings (SSSR count). The van der Waals surface area contributed by atoms with Gasteiger partial charge in [-0.05, 0) is 6.42 Å². The van der Waals surface area contributed by atoms with Crippen molar-refractivity contribution in [1.82, 2.24) is 9.78 Å². The molecule has 1 aromatic rings. The van der Waals surface area contributed by atoms with Crippen LogP contribution in [0, 0.1) is 5.92 Å². The van der Waals surface area contributed by atoms with Crippen molar-refractivity contribution >= 4 is 5.97 Å². The predicted octanol–water partition coefficient (Wildman–Crippen LogP) is 0.692. The predicted molar refractivity (Wildman–Crippen MR) is 58.5 cm³/mol. The Labute approximate surface area is 99.1 Å². The summed E-state index contributed by atoms with van der Waals surface area (Å²) in [6, 6.07) is 0.